The predicted octanol–water partition coefficient (Wildman–Crippen LogP) is 4.66. The van der Waals surface area contributed by atoms with E-state index in [4.69, 9.17) is 17.0 Å². The molecule has 1 unspecified atom stereocenters. The molecule has 0 bridgehead atoms. The number of carbonyl (C=O) groups excluding carboxylic acids is 1. The highest BCUT2D eigenvalue weighted by atomic mass is 32.2. The third kappa shape index (κ3) is 3.37. The van der Waals surface area contributed by atoms with Gasteiger partial charge in [0.25, 0.3) is 5.91 Å². The van der Waals surface area contributed by atoms with E-state index in [1.807, 2.05) is 67.6 Å². The minimum atomic E-state index is -0.0829. The molecule has 3 rings (SSSR count). The highest BCUT2D eigenvalue weighted by Crippen LogP contribution is 2.38. The zero-order valence-electron chi connectivity index (χ0n) is 13.4. The molecule has 1 heterocycles. The van der Waals surface area contributed by atoms with Crippen LogP contribution in [0, 0.1) is 0 Å². The molecule has 24 heavy (non-hydrogen) atoms. The first-order valence-corrected chi connectivity index (χ1v) is 8.78. The van der Waals surface area contributed by atoms with Crippen molar-refractivity contribution in [3.63, 3.8) is 0 Å². The zero-order chi connectivity index (χ0) is 17.1. The normalized spacial score (nSPS) is 17.4. The molecule has 5 heteroatoms. The molecule has 0 radical (unpaired) electrons. The molecule has 0 saturated carbocycles. The van der Waals surface area contributed by atoms with Crippen molar-refractivity contribution in [1.29, 1.82) is 0 Å². The average molecular weight is 355 g/mol. The summed E-state index contributed by atoms with van der Waals surface area (Å²) in [5.41, 5.74) is 2.02. The van der Waals surface area contributed by atoms with Crippen LogP contribution in [0.25, 0.3) is 6.08 Å². The number of thiocarbonyl (C=S) groups is 1. The lowest BCUT2D eigenvalue weighted by Gasteiger charge is -2.23. The van der Waals surface area contributed by atoms with Gasteiger partial charge in [-0.25, -0.2) is 0 Å². The standard InChI is InChI=1S/C19H17NO2S2/c1-13(15-6-4-3-5-7-15)20-18(21)17(24-19(20)23)12-14-8-10-16(22-2)11-9-14/h3-13H,1-2H3/b17-12-. The van der Waals surface area contributed by atoms with Crippen molar-refractivity contribution in [1.82, 2.24) is 4.90 Å². The molecular formula is C19H17NO2S2. The van der Waals surface area contributed by atoms with Crippen molar-refractivity contribution in [3.05, 3.63) is 70.6 Å². The van der Waals surface area contributed by atoms with Gasteiger partial charge in [-0.2, -0.15) is 0 Å². The van der Waals surface area contributed by atoms with Crippen LogP contribution in [0.5, 0.6) is 5.75 Å². The van der Waals surface area contributed by atoms with Crippen LogP contribution in [0.3, 0.4) is 0 Å². The van der Waals surface area contributed by atoms with Gasteiger partial charge in [-0.15, -0.1) is 0 Å². The highest BCUT2D eigenvalue weighted by Gasteiger charge is 2.35. The summed E-state index contributed by atoms with van der Waals surface area (Å²) in [5, 5.41) is 0. The highest BCUT2D eigenvalue weighted by molar-refractivity contribution is 8.26. The smallest absolute Gasteiger partial charge is 0.266 e. The topological polar surface area (TPSA) is 29.5 Å². The first-order valence-electron chi connectivity index (χ1n) is 7.56. The van der Waals surface area contributed by atoms with Crippen molar-refractivity contribution in [2.75, 3.05) is 7.11 Å². The van der Waals surface area contributed by atoms with Crippen LogP contribution >= 0.6 is 24.0 Å². The number of thioether (sulfide) groups is 1. The number of nitrogens with zero attached hydrogens (tertiary/aromatic N) is 1. The Morgan fingerprint density at radius 1 is 1.12 bits per heavy atom. The third-order valence-corrected chi connectivity index (χ3v) is 5.24. The molecule has 1 saturated heterocycles. The first-order chi connectivity index (χ1) is 11.6. The predicted molar refractivity (Wildman–Crippen MR) is 103 cm³/mol. The molecule has 3 nitrogen and oxygen atoms in total. The van der Waals surface area contributed by atoms with Gasteiger partial charge < -0.3 is 4.74 Å². The van der Waals surface area contributed by atoms with Gasteiger partial charge in [-0.3, -0.25) is 9.69 Å². The van der Waals surface area contributed by atoms with Crippen molar-refractivity contribution >= 4 is 40.3 Å². The Balaban J connectivity index is 1.84. The molecule has 1 aliphatic rings. The van der Waals surface area contributed by atoms with E-state index in [0.29, 0.717) is 9.23 Å². The van der Waals surface area contributed by atoms with Gasteiger partial charge in [0, 0.05) is 0 Å². The molecule has 122 valence electrons. The van der Waals surface area contributed by atoms with Gasteiger partial charge in [-0.05, 0) is 36.3 Å². The van der Waals surface area contributed by atoms with E-state index in [-0.39, 0.29) is 11.9 Å². The molecular weight excluding hydrogens is 338 g/mol. The van der Waals surface area contributed by atoms with Gasteiger partial charge in [0.05, 0.1) is 18.1 Å². The first kappa shape index (κ1) is 16.7. The SMILES string of the molecule is COc1ccc(/C=C2\SC(=S)N(C(C)c3ccccc3)C2=O)cc1. The number of hydrogen-bond donors (Lipinski definition) is 0. The zero-order valence-corrected chi connectivity index (χ0v) is 15.1. The minimum Gasteiger partial charge on any atom is -0.497 e. The molecule has 1 atom stereocenters. The fourth-order valence-electron chi connectivity index (χ4n) is 2.55. The summed E-state index contributed by atoms with van der Waals surface area (Å²) < 4.78 is 5.75. The number of methoxy groups -OCH3 is 1. The van der Waals surface area contributed by atoms with Gasteiger partial charge >= 0.3 is 0 Å². The Morgan fingerprint density at radius 2 is 1.79 bits per heavy atom. The lowest BCUT2D eigenvalue weighted by atomic mass is 10.1. The second kappa shape index (κ2) is 7.20. The maximum Gasteiger partial charge on any atom is 0.266 e. The summed E-state index contributed by atoms with van der Waals surface area (Å²) in [4.78, 5) is 15.1. The number of amides is 1. The lowest BCUT2D eigenvalue weighted by molar-refractivity contribution is -0.123. The van der Waals surface area contributed by atoms with Crippen LogP contribution < -0.4 is 4.74 Å². The number of carbonyl (C=O) groups is 1. The Kier molecular flexibility index (Phi) is 5.02. The van der Waals surface area contributed by atoms with Crippen LogP contribution in [0.2, 0.25) is 0 Å². The van der Waals surface area contributed by atoms with Gasteiger partial charge in [0.15, 0.2) is 0 Å². The van der Waals surface area contributed by atoms with E-state index < -0.39 is 0 Å². The van der Waals surface area contributed by atoms with E-state index >= 15 is 0 Å². The molecule has 0 N–H and O–H groups in total. The Hall–Kier alpha value is -2.11. The summed E-state index contributed by atoms with van der Waals surface area (Å²) in [6.45, 7) is 2.00. The van der Waals surface area contributed by atoms with Gasteiger partial charge in [-0.1, -0.05) is 66.4 Å². The molecule has 2 aromatic rings. The van der Waals surface area contributed by atoms with Crippen LogP contribution in [-0.4, -0.2) is 22.2 Å². The van der Waals surface area contributed by atoms with Gasteiger partial charge in [0.2, 0.25) is 0 Å². The summed E-state index contributed by atoms with van der Waals surface area (Å²) >= 11 is 6.78. The molecule has 0 aliphatic carbocycles. The van der Waals surface area contributed by atoms with E-state index in [1.165, 1.54) is 11.8 Å². The quantitative estimate of drug-likeness (QED) is 0.589. The molecule has 1 fully saturated rings. The van der Waals surface area contributed by atoms with Crippen molar-refractivity contribution in [2.24, 2.45) is 0 Å². The number of hydrogen-bond acceptors (Lipinski definition) is 4. The van der Waals surface area contributed by atoms with Crippen molar-refractivity contribution < 1.29 is 9.53 Å². The van der Waals surface area contributed by atoms with E-state index in [1.54, 1.807) is 12.0 Å². The summed E-state index contributed by atoms with van der Waals surface area (Å²) in [5.74, 6) is 0.745. The number of ether oxygens (including phenoxy) is 1. The van der Waals surface area contributed by atoms with Crippen LogP contribution in [0.4, 0.5) is 0 Å². The Bertz CT molecular complexity index is 785. The minimum absolute atomic E-state index is 0.0443. The van der Waals surface area contributed by atoms with E-state index in [9.17, 15) is 4.79 Å². The van der Waals surface area contributed by atoms with E-state index in [0.717, 1.165) is 16.9 Å². The molecule has 1 amide bonds. The van der Waals surface area contributed by atoms with Gasteiger partial charge in [0.1, 0.15) is 10.1 Å². The third-order valence-electron chi connectivity index (χ3n) is 3.91. The molecule has 1 aliphatic heterocycles. The molecule has 0 spiro atoms. The molecule has 0 aromatic heterocycles. The monoisotopic (exact) mass is 355 g/mol. The lowest BCUT2D eigenvalue weighted by Crippen LogP contribution is -2.30. The Labute approximate surface area is 151 Å². The maximum absolute atomic E-state index is 12.8. The maximum atomic E-state index is 12.8. The summed E-state index contributed by atoms with van der Waals surface area (Å²) in [6.07, 6.45) is 1.87. The second-order valence-corrected chi connectivity index (χ2v) is 7.09. The second-order valence-electron chi connectivity index (χ2n) is 5.41. The Morgan fingerprint density at radius 3 is 2.42 bits per heavy atom. The summed E-state index contributed by atoms with van der Waals surface area (Å²) in [6, 6.07) is 17.4. The fraction of sp³-hybridized carbons (Fsp3) is 0.158. The largest absolute Gasteiger partial charge is 0.497 e. The molecule has 2 aromatic carbocycles. The summed E-state index contributed by atoms with van der Waals surface area (Å²) in [7, 11) is 1.63. The number of benzene rings is 2. The fourth-order valence-corrected chi connectivity index (χ4v) is 3.96. The number of rotatable bonds is 4. The average Bonchev–Trinajstić information content (AvgIpc) is 2.89. The van der Waals surface area contributed by atoms with E-state index in [2.05, 4.69) is 0 Å². The van der Waals surface area contributed by atoms with Crippen molar-refractivity contribution in [2.45, 2.75) is 13.0 Å². The van der Waals surface area contributed by atoms with Crippen LogP contribution in [-0.2, 0) is 4.79 Å². The van der Waals surface area contributed by atoms with Crippen LogP contribution in [0.15, 0.2) is 59.5 Å². The van der Waals surface area contributed by atoms with Crippen LogP contribution in [0.1, 0.15) is 24.1 Å². The van der Waals surface area contributed by atoms with Crippen molar-refractivity contribution in [3.8, 4) is 5.75 Å².